The maximum atomic E-state index is 13.4. The van der Waals surface area contributed by atoms with Crippen molar-refractivity contribution in [2.45, 2.75) is 30.4 Å². The molecule has 0 aromatic heterocycles. The zero-order chi connectivity index (χ0) is 22.9. The summed E-state index contributed by atoms with van der Waals surface area (Å²) in [5, 5.41) is 12.7. The molecule has 4 rings (SSSR count). The van der Waals surface area contributed by atoms with Gasteiger partial charge in [-0.05, 0) is 41.7 Å². The molecule has 6 nitrogen and oxygen atoms in total. The van der Waals surface area contributed by atoms with Gasteiger partial charge in [-0.3, -0.25) is 0 Å². The van der Waals surface area contributed by atoms with Crippen molar-refractivity contribution in [1.29, 1.82) is 0 Å². The lowest BCUT2D eigenvalue weighted by atomic mass is 9.99. The molecule has 0 bridgehead atoms. The van der Waals surface area contributed by atoms with Gasteiger partial charge in [0, 0.05) is 11.6 Å². The molecule has 166 valence electrons. The van der Waals surface area contributed by atoms with E-state index in [9.17, 15) is 18.3 Å². The predicted molar refractivity (Wildman–Crippen MR) is 125 cm³/mol. The molecule has 2 N–H and O–H groups in total. The molecule has 1 aliphatic heterocycles. The lowest BCUT2D eigenvalue weighted by Crippen LogP contribution is -2.52. The molecule has 32 heavy (non-hydrogen) atoms. The number of benzene rings is 3. The molecule has 1 atom stereocenters. The number of nitrogens with zero attached hydrogens (tertiary/aromatic N) is 1. The van der Waals surface area contributed by atoms with E-state index in [-0.39, 0.29) is 27.2 Å². The number of nitrogens with one attached hydrogen (secondary N) is 1. The van der Waals surface area contributed by atoms with Crippen molar-refractivity contribution in [3.8, 4) is 0 Å². The Morgan fingerprint density at radius 3 is 2.31 bits per heavy atom. The van der Waals surface area contributed by atoms with Crippen molar-refractivity contribution in [3.05, 3.63) is 93.5 Å². The normalized spacial score (nSPS) is 17.4. The van der Waals surface area contributed by atoms with E-state index in [0.717, 1.165) is 27.4 Å². The highest BCUT2D eigenvalue weighted by atomic mass is 35.5. The first-order chi connectivity index (χ1) is 15.3. The molecular weight excluding hydrogens is 471 g/mol. The molecule has 3 aromatic carbocycles. The lowest BCUT2D eigenvalue weighted by molar-refractivity contribution is -0.140. The van der Waals surface area contributed by atoms with Crippen LogP contribution in [0.1, 0.15) is 16.7 Å². The number of hydrogen-bond acceptors (Lipinski definition) is 4. The maximum Gasteiger partial charge on any atom is 0.342 e. The molecule has 1 unspecified atom stereocenters. The molecule has 0 aliphatic carbocycles. The van der Waals surface area contributed by atoms with Gasteiger partial charge in [-0.2, -0.15) is 4.31 Å². The molecule has 0 amide bonds. The molecule has 1 heterocycles. The molecular formula is C23H20Cl2N2O4S. The molecule has 9 heteroatoms. The van der Waals surface area contributed by atoms with E-state index in [0.29, 0.717) is 6.42 Å². The Labute approximate surface area is 196 Å². The Kier molecular flexibility index (Phi) is 6.44. The van der Waals surface area contributed by atoms with Gasteiger partial charge in [-0.15, -0.1) is 0 Å². The minimum Gasteiger partial charge on any atom is -0.479 e. The van der Waals surface area contributed by atoms with Gasteiger partial charge in [0.1, 0.15) is 4.90 Å². The summed E-state index contributed by atoms with van der Waals surface area (Å²) < 4.78 is 27.8. The first-order valence-electron chi connectivity index (χ1n) is 9.88. The molecule has 0 radical (unpaired) electrons. The first-order valence-corrected chi connectivity index (χ1v) is 12.1. The van der Waals surface area contributed by atoms with Gasteiger partial charge in [-0.1, -0.05) is 77.8 Å². The van der Waals surface area contributed by atoms with Crippen molar-refractivity contribution in [3.63, 3.8) is 0 Å². The number of hydrogen-bond donors (Lipinski definition) is 2. The number of anilines is 1. The fraction of sp³-hybridized carbons (Fsp3) is 0.174. The third kappa shape index (κ3) is 4.47. The summed E-state index contributed by atoms with van der Waals surface area (Å²) in [6.45, 7) is -0.115. The van der Waals surface area contributed by atoms with Crippen LogP contribution in [-0.2, 0) is 34.2 Å². The van der Waals surface area contributed by atoms with E-state index in [4.69, 9.17) is 23.2 Å². The summed E-state index contributed by atoms with van der Waals surface area (Å²) in [7, 11) is -4.21. The SMILES string of the molecule is O=C(O)C1Nc2cc(Cl)cc(Cl)c2S(=O)(=O)N1Cc1ccccc1CCc1ccccc1. The standard InChI is InChI=1S/C23H20Cl2N2O4S/c24-18-12-19(25)21-20(13-18)26-22(23(28)29)27(32(21,30)31)14-17-9-5-4-8-16(17)11-10-15-6-2-1-3-7-15/h1-9,12-13,22,26H,10-11,14H2,(H,28,29). The zero-order valence-electron chi connectivity index (χ0n) is 16.8. The summed E-state index contributed by atoms with van der Waals surface area (Å²) in [6, 6.07) is 20.1. The smallest absolute Gasteiger partial charge is 0.342 e. The Balaban J connectivity index is 1.69. The lowest BCUT2D eigenvalue weighted by Gasteiger charge is -2.35. The number of sulfonamides is 1. The number of fused-ring (bicyclic) bond motifs is 1. The van der Waals surface area contributed by atoms with Gasteiger partial charge in [0.2, 0.25) is 10.0 Å². The number of aliphatic carboxylic acids is 1. The van der Waals surface area contributed by atoms with Crippen molar-refractivity contribution in [1.82, 2.24) is 4.31 Å². The zero-order valence-corrected chi connectivity index (χ0v) is 19.2. The summed E-state index contributed by atoms with van der Waals surface area (Å²) >= 11 is 12.2. The average molecular weight is 491 g/mol. The minimum absolute atomic E-state index is 0.0637. The van der Waals surface area contributed by atoms with E-state index in [1.165, 1.54) is 12.1 Å². The molecule has 3 aromatic rings. The van der Waals surface area contributed by atoms with Crippen molar-refractivity contribution < 1.29 is 18.3 Å². The third-order valence-corrected chi connectivity index (χ3v) is 7.90. The molecule has 1 aliphatic rings. The molecule has 0 saturated carbocycles. The van der Waals surface area contributed by atoms with Gasteiger partial charge >= 0.3 is 5.97 Å². The van der Waals surface area contributed by atoms with E-state index in [2.05, 4.69) is 5.32 Å². The number of halogens is 2. The van der Waals surface area contributed by atoms with Crippen LogP contribution < -0.4 is 5.32 Å². The second kappa shape index (κ2) is 9.11. The van der Waals surface area contributed by atoms with E-state index >= 15 is 0 Å². The Morgan fingerprint density at radius 2 is 1.62 bits per heavy atom. The summed E-state index contributed by atoms with van der Waals surface area (Å²) in [5.74, 6) is -1.32. The average Bonchev–Trinajstić information content (AvgIpc) is 2.74. The fourth-order valence-electron chi connectivity index (χ4n) is 3.81. The van der Waals surface area contributed by atoms with Gasteiger partial charge in [0.15, 0.2) is 6.17 Å². The van der Waals surface area contributed by atoms with E-state index < -0.39 is 22.2 Å². The van der Waals surface area contributed by atoms with E-state index in [1.54, 1.807) is 0 Å². The van der Waals surface area contributed by atoms with Crippen LogP contribution in [0.4, 0.5) is 5.69 Å². The maximum absolute atomic E-state index is 13.4. The quantitative estimate of drug-likeness (QED) is 0.517. The number of carbonyl (C=O) groups is 1. The predicted octanol–water partition coefficient (Wildman–Crippen LogP) is 4.81. The summed E-state index contributed by atoms with van der Waals surface area (Å²) in [5.41, 5.74) is 2.91. The summed E-state index contributed by atoms with van der Waals surface area (Å²) in [4.78, 5) is 11.8. The van der Waals surface area contributed by atoms with Crippen LogP contribution in [0.15, 0.2) is 71.6 Å². The number of carboxylic acid groups (broad SMARTS) is 1. The van der Waals surface area contributed by atoms with Crippen molar-refractivity contribution in [2.24, 2.45) is 0 Å². The Bertz CT molecular complexity index is 1270. The second-order valence-electron chi connectivity index (χ2n) is 7.45. The van der Waals surface area contributed by atoms with Crippen LogP contribution in [0.5, 0.6) is 0 Å². The Hall–Kier alpha value is -2.58. The van der Waals surface area contributed by atoms with Gasteiger partial charge in [0.05, 0.1) is 10.7 Å². The van der Waals surface area contributed by atoms with Crippen LogP contribution in [0.3, 0.4) is 0 Å². The van der Waals surface area contributed by atoms with Crippen LogP contribution in [0.2, 0.25) is 10.0 Å². The largest absolute Gasteiger partial charge is 0.479 e. The second-order valence-corrected chi connectivity index (χ2v) is 10.1. The highest BCUT2D eigenvalue weighted by Crippen LogP contribution is 2.40. The van der Waals surface area contributed by atoms with E-state index in [1.807, 2.05) is 54.6 Å². The minimum atomic E-state index is -4.21. The van der Waals surface area contributed by atoms with Crippen LogP contribution in [0, 0.1) is 0 Å². The topological polar surface area (TPSA) is 86.7 Å². The summed E-state index contributed by atoms with van der Waals surface area (Å²) in [6.07, 6.45) is -0.0332. The Morgan fingerprint density at radius 1 is 0.969 bits per heavy atom. The third-order valence-electron chi connectivity index (χ3n) is 5.36. The monoisotopic (exact) mass is 490 g/mol. The molecule has 0 fully saturated rings. The number of carboxylic acids is 1. The number of rotatable bonds is 6. The molecule has 0 spiro atoms. The highest BCUT2D eigenvalue weighted by Gasteiger charge is 2.43. The first kappa shape index (κ1) is 22.6. The van der Waals surface area contributed by atoms with Gasteiger partial charge < -0.3 is 10.4 Å². The van der Waals surface area contributed by atoms with Gasteiger partial charge in [0.25, 0.3) is 0 Å². The van der Waals surface area contributed by atoms with Crippen LogP contribution in [-0.4, -0.2) is 30.0 Å². The van der Waals surface area contributed by atoms with Crippen LogP contribution in [0.25, 0.3) is 0 Å². The number of aryl methyl sites for hydroxylation is 2. The van der Waals surface area contributed by atoms with Crippen molar-refractivity contribution in [2.75, 3.05) is 5.32 Å². The van der Waals surface area contributed by atoms with Gasteiger partial charge in [-0.25, -0.2) is 13.2 Å². The highest BCUT2D eigenvalue weighted by molar-refractivity contribution is 7.89. The molecule has 0 saturated heterocycles. The fourth-order valence-corrected chi connectivity index (χ4v) is 6.26. The van der Waals surface area contributed by atoms with Crippen molar-refractivity contribution >= 4 is 44.9 Å². The van der Waals surface area contributed by atoms with Crippen LogP contribution >= 0.6 is 23.2 Å².